The molecule has 0 atom stereocenters. The van der Waals surface area contributed by atoms with Gasteiger partial charge in [-0.3, -0.25) is 9.59 Å². The van der Waals surface area contributed by atoms with Crippen LogP contribution in [0, 0.1) is 18.3 Å². The molecule has 0 aliphatic rings. The standard InChI is InChI=1S/C24H20F3N3O2/c1-15-21(18-5-4-6-19(11-18)24(25,26)27)22(31)20(23(32)29(2)3)14-30(15)13-17-9-7-16(12-28)8-10-17/h4-11,14H,13H2,1-3H3. The monoisotopic (exact) mass is 439 g/mol. The van der Waals surface area contributed by atoms with Crippen molar-refractivity contribution >= 4 is 5.91 Å². The second-order valence-electron chi connectivity index (χ2n) is 7.55. The van der Waals surface area contributed by atoms with E-state index in [1.54, 1.807) is 35.8 Å². The molecule has 1 heterocycles. The summed E-state index contributed by atoms with van der Waals surface area (Å²) in [5, 5.41) is 8.97. The summed E-state index contributed by atoms with van der Waals surface area (Å²) in [5.74, 6) is -0.545. The maximum absolute atomic E-state index is 13.3. The van der Waals surface area contributed by atoms with E-state index in [0.29, 0.717) is 11.3 Å². The normalized spacial score (nSPS) is 11.2. The van der Waals surface area contributed by atoms with Crippen molar-refractivity contribution in [3.8, 4) is 17.2 Å². The Kier molecular flexibility index (Phi) is 6.21. The van der Waals surface area contributed by atoms with Crippen molar-refractivity contribution in [3.63, 3.8) is 0 Å². The van der Waals surface area contributed by atoms with Crippen LogP contribution in [0.3, 0.4) is 0 Å². The van der Waals surface area contributed by atoms with Crippen molar-refractivity contribution in [3.05, 3.63) is 92.9 Å². The molecule has 0 bridgehead atoms. The zero-order chi connectivity index (χ0) is 23.6. The van der Waals surface area contributed by atoms with Gasteiger partial charge < -0.3 is 9.47 Å². The number of hydrogen-bond acceptors (Lipinski definition) is 3. The van der Waals surface area contributed by atoms with Gasteiger partial charge in [0.1, 0.15) is 5.56 Å². The van der Waals surface area contributed by atoms with Gasteiger partial charge in [0.25, 0.3) is 5.91 Å². The summed E-state index contributed by atoms with van der Waals surface area (Å²) in [5.41, 5.74) is 0.193. The first kappa shape index (κ1) is 22.8. The number of amides is 1. The van der Waals surface area contributed by atoms with E-state index in [4.69, 9.17) is 5.26 Å². The molecule has 0 spiro atoms. The first-order valence-corrected chi connectivity index (χ1v) is 9.65. The number of carbonyl (C=O) groups is 1. The highest BCUT2D eigenvalue weighted by Crippen LogP contribution is 2.32. The Morgan fingerprint density at radius 2 is 1.78 bits per heavy atom. The van der Waals surface area contributed by atoms with Gasteiger partial charge in [-0.05, 0) is 42.3 Å². The molecular weight excluding hydrogens is 419 g/mol. The maximum Gasteiger partial charge on any atom is 0.416 e. The number of rotatable bonds is 4. The molecule has 0 N–H and O–H groups in total. The molecule has 3 rings (SSSR count). The van der Waals surface area contributed by atoms with Crippen LogP contribution in [0.5, 0.6) is 0 Å². The molecule has 2 aromatic carbocycles. The van der Waals surface area contributed by atoms with E-state index in [1.165, 1.54) is 37.3 Å². The molecule has 0 unspecified atom stereocenters. The Bertz CT molecular complexity index is 1270. The Labute approximate surface area is 183 Å². The van der Waals surface area contributed by atoms with Crippen molar-refractivity contribution in [1.82, 2.24) is 9.47 Å². The largest absolute Gasteiger partial charge is 0.416 e. The molecule has 0 fully saturated rings. The van der Waals surface area contributed by atoms with Crippen LogP contribution in [-0.2, 0) is 12.7 Å². The lowest BCUT2D eigenvalue weighted by molar-refractivity contribution is -0.137. The fourth-order valence-electron chi connectivity index (χ4n) is 3.38. The van der Waals surface area contributed by atoms with Crippen LogP contribution in [0.2, 0.25) is 0 Å². The van der Waals surface area contributed by atoms with E-state index in [2.05, 4.69) is 0 Å². The first-order valence-electron chi connectivity index (χ1n) is 9.65. The van der Waals surface area contributed by atoms with Crippen LogP contribution in [0.25, 0.3) is 11.1 Å². The summed E-state index contributed by atoms with van der Waals surface area (Å²) >= 11 is 0. The van der Waals surface area contributed by atoms with Crippen molar-refractivity contribution < 1.29 is 18.0 Å². The topological polar surface area (TPSA) is 66.1 Å². The Morgan fingerprint density at radius 1 is 1.12 bits per heavy atom. The average Bonchev–Trinajstić information content (AvgIpc) is 2.75. The molecule has 164 valence electrons. The minimum absolute atomic E-state index is 0.0393. The van der Waals surface area contributed by atoms with E-state index in [1.807, 2.05) is 6.07 Å². The number of benzene rings is 2. The minimum Gasteiger partial charge on any atom is -0.346 e. The first-order chi connectivity index (χ1) is 15.0. The SMILES string of the molecule is Cc1c(-c2cccc(C(F)(F)F)c2)c(=O)c(C(=O)N(C)C)cn1Cc1ccc(C#N)cc1. The summed E-state index contributed by atoms with van der Waals surface area (Å²) < 4.78 is 41.4. The number of pyridine rings is 1. The van der Waals surface area contributed by atoms with E-state index in [9.17, 15) is 22.8 Å². The average molecular weight is 439 g/mol. The van der Waals surface area contributed by atoms with Gasteiger partial charge in [-0.25, -0.2) is 0 Å². The molecule has 1 amide bonds. The Morgan fingerprint density at radius 3 is 2.34 bits per heavy atom. The van der Waals surface area contributed by atoms with Crippen molar-refractivity contribution in [1.29, 1.82) is 5.26 Å². The molecule has 3 aromatic rings. The second-order valence-corrected chi connectivity index (χ2v) is 7.55. The molecule has 5 nitrogen and oxygen atoms in total. The maximum atomic E-state index is 13.3. The van der Waals surface area contributed by atoms with Crippen molar-refractivity contribution in [2.24, 2.45) is 0 Å². The van der Waals surface area contributed by atoms with Crippen LogP contribution in [0.15, 0.2) is 59.5 Å². The van der Waals surface area contributed by atoms with Gasteiger partial charge in [-0.2, -0.15) is 18.4 Å². The summed E-state index contributed by atoms with van der Waals surface area (Å²) in [4.78, 5) is 27.1. The van der Waals surface area contributed by atoms with E-state index >= 15 is 0 Å². The van der Waals surface area contributed by atoms with Crippen LogP contribution in [0.1, 0.15) is 32.7 Å². The number of hydrogen-bond donors (Lipinski definition) is 0. The molecule has 0 aliphatic heterocycles. The minimum atomic E-state index is -4.57. The third kappa shape index (κ3) is 4.57. The second kappa shape index (κ2) is 8.71. The summed E-state index contributed by atoms with van der Waals surface area (Å²) in [6.45, 7) is 1.89. The summed E-state index contributed by atoms with van der Waals surface area (Å²) in [6.07, 6.45) is -3.14. The van der Waals surface area contributed by atoms with Gasteiger partial charge in [0.2, 0.25) is 5.43 Å². The number of aromatic nitrogens is 1. The van der Waals surface area contributed by atoms with Crippen molar-refractivity contribution in [2.75, 3.05) is 14.1 Å². The highest BCUT2D eigenvalue weighted by Gasteiger charge is 2.31. The van der Waals surface area contributed by atoms with E-state index in [0.717, 1.165) is 17.7 Å². The lowest BCUT2D eigenvalue weighted by Crippen LogP contribution is -2.30. The van der Waals surface area contributed by atoms with Crippen LogP contribution in [-0.4, -0.2) is 29.5 Å². The molecule has 0 radical (unpaired) electrons. The fraction of sp³-hybridized carbons (Fsp3) is 0.208. The zero-order valence-electron chi connectivity index (χ0n) is 17.7. The third-order valence-corrected chi connectivity index (χ3v) is 5.10. The van der Waals surface area contributed by atoms with Gasteiger partial charge in [0.15, 0.2) is 0 Å². The molecule has 0 saturated carbocycles. The highest BCUT2D eigenvalue weighted by molar-refractivity contribution is 5.95. The number of carbonyl (C=O) groups excluding carboxylic acids is 1. The molecule has 8 heteroatoms. The molecule has 0 aliphatic carbocycles. The molecule has 0 saturated heterocycles. The highest BCUT2D eigenvalue weighted by atomic mass is 19.4. The quantitative estimate of drug-likeness (QED) is 0.603. The lowest BCUT2D eigenvalue weighted by Gasteiger charge is -2.19. The van der Waals surface area contributed by atoms with E-state index in [-0.39, 0.29) is 23.2 Å². The van der Waals surface area contributed by atoms with Gasteiger partial charge in [-0.15, -0.1) is 0 Å². The van der Waals surface area contributed by atoms with E-state index < -0.39 is 23.1 Å². The fourth-order valence-corrected chi connectivity index (χ4v) is 3.38. The number of alkyl halides is 3. The van der Waals surface area contributed by atoms with Gasteiger partial charge in [-0.1, -0.05) is 24.3 Å². The molecule has 32 heavy (non-hydrogen) atoms. The number of halogens is 3. The smallest absolute Gasteiger partial charge is 0.346 e. The zero-order valence-corrected chi connectivity index (χ0v) is 17.7. The van der Waals surface area contributed by atoms with Gasteiger partial charge in [0, 0.05) is 38.1 Å². The molecular formula is C24H20F3N3O2. The lowest BCUT2D eigenvalue weighted by atomic mass is 9.98. The number of nitriles is 1. The van der Waals surface area contributed by atoms with Gasteiger partial charge in [0.05, 0.1) is 17.2 Å². The third-order valence-electron chi connectivity index (χ3n) is 5.10. The Hall–Kier alpha value is -3.86. The van der Waals surface area contributed by atoms with Crippen LogP contribution >= 0.6 is 0 Å². The van der Waals surface area contributed by atoms with Gasteiger partial charge >= 0.3 is 6.18 Å². The summed E-state index contributed by atoms with van der Waals surface area (Å²) in [7, 11) is 2.99. The van der Waals surface area contributed by atoms with Crippen LogP contribution in [0.4, 0.5) is 13.2 Å². The predicted octanol–water partition coefficient (Wildman–Crippen LogP) is 4.46. The summed E-state index contributed by atoms with van der Waals surface area (Å²) in [6, 6.07) is 13.3. The predicted molar refractivity (Wildman–Crippen MR) is 114 cm³/mol. The van der Waals surface area contributed by atoms with Crippen LogP contribution < -0.4 is 5.43 Å². The molecule has 1 aromatic heterocycles. The van der Waals surface area contributed by atoms with Crippen molar-refractivity contribution in [2.45, 2.75) is 19.6 Å². The Balaban J connectivity index is 2.23. The number of nitrogens with zero attached hydrogens (tertiary/aromatic N) is 3.